The molecule has 0 aliphatic rings. The van der Waals surface area contributed by atoms with Gasteiger partial charge < -0.3 is 0 Å². The Kier molecular flexibility index (Phi) is 5.83. The van der Waals surface area contributed by atoms with Gasteiger partial charge in [-0.3, -0.25) is 9.44 Å². The first-order valence-corrected chi connectivity index (χ1v) is 11.6. The number of nitrogens with one attached hydrogen (secondary N) is 2. The number of halogens is 2. The number of hydrogen-bond donors (Lipinski definition) is 2. The van der Waals surface area contributed by atoms with E-state index in [2.05, 4.69) is 9.44 Å². The third kappa shape index (κ3) is 5.06. The molecule has 0 unspecified atom stereocenters. The highest BCUT2D eigenvalue weighted by Crippen LogP contribution is 2.25. The van der Waals surface area contributed by atoms with Crippen LogP contribution in [0.1, 0.15) is 5.56 Å². The van der Waals surface area contributed by atoms with Crippen LogP contribution in [0.3, 0.4) is 0 Å². The lowest BCUT2D eigenvalue weighted by molar-refractivity contribution is 0.594. The van der Waals surface area contributed by atoms with Gasteiger partial charge in [0.05, 0.1) is 21.2 Å². The van der Waals surface area contributed by atoms with Crippen molar-refractivity contribution in [1.29, 1.82) is 0 Å². The second kappa shape index (κ2) is 8.02. The molecule has 152 valence electrons. The maximum atomic E-state index is 13.4. The van der Waals surface area contributed by atoms with Crippen LogP contribution in [0.4, 0.5) is 15.8 Å². The Hall–Kier alpha value is -2.62. The first-order chi connectivity index (χ1) is 13.6. The molecular formula is C19H16ClFN2O4S2. The van der Waals surface area contributed by atoms with E-state index in [9.17, 15) is 21.2 Å². The van der Waals surface area contributed by atoms with Crippen molar-refractivity contribution >= 4 is 43.0 Å². The SMILES string of the molecule is Cc1ccc(NS(=O)(=O)c2cccc(F)c2)cc1S(=O)(=O)Nc1cccc(Cl)c1. The predicted octanol–water partition coefficient (Wildman–Crippen LogP) is 4.39. The molecule has 0 heterocycles. The maximum Gasteiger partial charge on any atom is 0.262 e. The van der Waals surface area contributed by atoms with E-state index in [4.69, 9.17) is 11.6 Å². The summed E-state index contributed by atoms with van der Waals surface area (Å²) < 4.78 is 68.5. The number of rotatable bonds is 6. The smallest absolute Gasteiger partial charge is 0.262 e. The number of anilines is 2. The molecular weight excluding hydrogens is 439 g/mol. The molecule has 0 spiro atoms. The number of hydrogen-bond acceptors (Lipinski definition) is 4. The summed E-state index contributed by atoms with van der Waals surface area (Å²) >= 11 is 5.88. The van der Waals surface area contributed by atoms with Crippen molar-refractivity contribution in [2.45, 2.75) is 16.7 Å². The quantitative estimate of drug-likeness (QED) is 0.577. The molecule has 6 nitrogen and oxygen atoms in total. The fourth-order valence-corrected chi connectivity index (χ4v) is 5.16. The lowest BCUT2D eigenvalue weighted by Crippen LogP contribution is -2.16. The minimum atomic E-state index is -4.10. The molecule has 29 heavy (non-hydrogen) atoms. The molecule has 3 aromatic rings. The molecule has 0 radical (unpaired) electrons. The topological polar surface area (TPSA) is 92.3 Å². The molecule has 0 atom stereocenters. The minimum absolute atomic E-state index is 0.0198. The van der Waals surface area contributed by atoms with Gasteiger partial charge in [-0.25, -0.2) is 21.2 Å². The first-order valence-electron chi connectivity index (χ1n) is 8.24. The molecule has 0 aliphatic heterocycles. The molecule has 10 heteroatoms. The van der Waals surface area contributed by atoms with E-state index < -0.39 is 25.9 Å². The number of benzene rings is 3. The predicted molar refractivity (Wildman–Crippen MR) is 111 cm³/mol. The average molecular weight is 455 g/mol. The normalized spacial score (nSPS) is 11.8. The molecule has 0 aromatic heterocycles. The zero-order valence-electron chi connectivity index (χ0n) is 15.1. The van der Waals surface area contributed by atoms with Gasteiger partial charge in [-0.15, -0.1) is 0 Å². The van der Waals surface area contributed by atoms with Crippen LogP contribution in [0.2, 0.25) is 5.02 Å². The fourth-order valence-electron chi connectivity index (χ4n) is 2.56. The summed E-state index contributed by atoms with van der Waals surface area (Å²) in [6.07, 6.45) is 0. The third-order valence-electron chi connectivity index (χ3n) is 3.91. The van der Waals surface area contributed by atoms with E-state index in [1.54, 1.807) is 19.1 Å². The highest BCUT2D eigenvalue weighted by molar-refractivity contribution is 7.93. The Morgan fingerprint density at radius 2 is 1.45 bits per heavy atom. The zero-order valence-corrected chi connectivity index (χ0v) is 17.4. The number of sulfonamides is 2. The van der Waals surface area contributed by atoms with Crippen LogP contribution in [0.15, 0.2) is 76.5 Å². The van der Waals surface area contributed by atoms with Gasteiger partial charge in [0.1, 0.15) is 5.82 Å². The highest BCUT2D eigenvalue weighted by atomic mass is 35.5. The largest absolute Gasteiger partial charge is 0.280 e. The molecule has 0 aliphatic carbocycles. The first kappa shape index (κ1) is 21.1. The van der Waals surface area contributed by atoms with Crippen molar-refractivity contribution in [2.75, 3.05) is 9.44 Å². The van der Waals surface area contributed by atoms with E-state index in [-0.39, 0.29) is 21.2 Å². The van der Waals surface area contributed by atoms with Crippen LogP contribution < -0.4 is 9.44 Å². The molecule has 0 fully saturated rings. The summed E-state index contributed by atoms with van der Waals surface area (Å²) in [6, 6.07) is 14.8. The Balaban J connectivity index is 1.93. The molecule has 0 amide bonds. The zero-order chi connectivity index (χ0) is 21.2. The summed E-state index contributed by atoms with van der Waals surface area (Å²) in [5.74, 6) is -0.703. The van der Waals surface area contributed by atoms with Gasteiger partial charge in [0, 0.05) is 5.02 Å². The molecule has 3 aromatic carbocycles. The Morgan fingerprint density at radius 1 is 0.793 bits per heavy atom. The summed E-state index contributed by atoms with van der Waals surface area (Å²) in [4.78, 5) is -0.392. The van der Waals surface area contributed by atoms with Crippen molar-refractivity contribution in [2.24, 2.45) is 0 Å². The van der Waals surface area contributed by atoms with Crippen LogP contribution in [-0.2, 0) is 20.0 Å². The van der Waals surface area contributed by atoms with Crippen LogP contribution in [0, 0.1) is 12.7 Å². The second-order valence-electron chi connectivity index (χ2n) is 6.16. The lowest BCUT2D eigenvalue weighted by atomic mass is 10.2. The Bertz CT molecular complexity index is 1280. The summed E-state index contributed by atoms with van der Waals surface area (Å²) in [7, 11) is -8.11. The van der Waals surface area contributed by atoms with Crippen molar-refractivity contribution in [3.8, 4) is 0 Å². The average Bonchev–Trinajstić information content (AvgIpc) is 2.62. The van der Waals surface area contributed by atoms with Gasteiger partial charge >= 0.3 is 0 Å². The van der Waals surface area contributed by atoms with Crippen molar-refractivity contribution in [3.63, 3.8) is 0 Å². The van der Waals surface area contributed by atoms with Crippen LogP contribution in [0.25, 0.3) is 0 Å². The van der Waals surface area contributed by atoms with Gasteiger partial charge in [-0.1, -0.05) is 29.8 Å². The molecule has 0 saturated carbocycles. The van der Waals surface area contributed by atoms with Crippen molar-refractivity contribution < 1.29 is 21.2 Å². The minimum Gasteiger partial charge on any atom is -0.280 e. The molecule has 2 N–H and O–H groups in total. The highest BCUT2D eigenvalue weighted by Gasteiger charge is 2.20. The van der Waals surface area contributed by atoms with Gasteiger partial charge in [0.15, 0.2) is 0 Å². The van der Waals surface area contributed by atoms with E-state index in [0.29, 0.717) is 10.6 Å². The molecule has 0 bridgehead atoms. The second-order valence-corrected chi connectivity index (χ2v) is 9.93. The standard InChI is InChI=1S/C19H16ClFN2O4S2/c1-13-8-9-17(22-28(24,25)18-7-3-5-15(21)11-18)12-19(13)29(26,27)23-16-6-2-4-14(20)10-16/h2-12,22-23H,1H3. The Morgan fingerprint density at radius 3 is 2.14 bits per heavy atom. The summed E-state index contributed by atoms with van der Waals surface area (Å²) in [5, 5.41) is 0.360. The van der Waals surface area contributed by atoms with Gasteiger partial charge in [0.25, 0.3) is 20.0 Å². The van der Waals surface area contributed by atoms with E-state index in [0.717, 1.165) is 12.1 Å². The molecule has 3 rings (SSSR count). The van der Waals surface area contributed by atoms with Crippen LogP contribution in [-0.4, -0.2) is 16.8 Å². The van der Waals surface area contributed by atoms with Gasteiger partial charge in [0.2, 0.25) is 0 Å². The van der Waals surface area contributed by atoms with Crippen LogP contribution in [0.5, 0.6) is 0 Å². The maximum absolute atomic E-state index is 13.4. The van der Waals surface area contributed by atoms with E-state index in [1.807, 2.05) is 0 Å². The molecule has 0 saturated heterocycles. The summed E-state index contributed by atoms with van der Waals surface area (Å²) in [5.41, 5.74) is 0.696. The number of aryl methyl sites for hydroxylation is 1. The van der Waals surface area contributed by atoms with Crippen molar-refractivity contribution in [1.82, 2.24) is 0 Å². The fraction of sp³-hybridized carbons (Fsp3) is 0.0526. The van der Waals surface area contributed by atoms with Gasteiger partial charge in [-0.05, 0) is 61.0 Å². The van der Waals surface area contributed by atoms with Gasteiger partial charge in [-0.2, -0.15) is 0 Å². The van der Waals surface area contributed by atoms with Crippen LogP contribution >= 0.6 is 11.6 Å². The summed E-state index contributed by atoms with van der Waals surface area (Å²) in [6.45, 7) is 1.58. The van der Waals surface area contributed by atoms with E-state index >= 15 is 0 Å². The Labute approximate surface area is 173 Å². The lowest BCUT2D eigenvalue weighted by Gasteiger charge is -2.13. The third-order valence-corrected chi connectivity index (χ3v) is 7.05. The van der Waals surface area contributed by atoms with E-state index in [1.165, 1.54) is 42.5 Å². The monoisotopic (exact) mass is 454 g/mol. The van der Waals surface area contributed by atoms with Crippen molar-refractivity contribution in [3.05, 3.63) is 83.1 Å².